The predicted molar refractivity (Wildman–Crippen MR) is 78.4 cm³/mol. The van der Waals surface area contributed by atoms with Crippen LogP contribution in [0, 0.1) is 0 Å². The minimum Gasteiger partial charge on any atom is -0.464 e. The molecule has 2 atom stereocenters. The molecule has 1 heterocycles. The highest BCUT2D eigenvalue weighted by Crippen LogP contribution is 2.28. The number of aliphatic hydroxyl groups is 1. The summed E-state index contributed by atoms with van der Waals surface area (Å²) in [6.07, 6.45) is 3.90. The fourth-order valence-electron chi connectivity index (χ4n) is 2.72. The minimum absolute atomic E-state index is 0.120. The molecule has 0 saturated heterocycles. The van der Waals surface area contributed by atoms with E-state index in [0.717, 1.165) is 30.4 Å². The van der Waals surface area contributed by atoms with Crippen molar-refractivity contribution >= 4 is 11.0 Å². The van der Waals surface area contributed by atoms with Gasteiger partial charge in [-0.05, 0) is 36.7 Å². The van der Waals surface area contributed by atoms with Gasteiger partial charge in [-0.15, -0.1) is 0 Å². The lowest BCUT2D eigenvalue weighted by atomic mass is 9.87. The first-order chi connectivity index (χ1) is 9.30. The molecule has 2 N–H and O–H groups in total. The summed E-state index contributed by atoms with van der Waals surface area (Å²) >= 11 is 0. The average Bonchev–Trinajstić information content (AvgIpc) is 2.90. The fraction of sp³-hybridized carbons (Fsp3) is 0.500. The van der Waals surface area contributed by atoms with E-state index in [9.17, 15) is 5.11 Å². The first kappa shape index (κ1) is 14.1. The monoisotopic (exact) mass is 261 g/mol. The maximum atomic E-state index is 9.61. The van der Waals surface area contributed by atoms with Gasteiger partial charge in [-0.1, -0.05) is 26.3 Å². The summed E-state index contributed by atoms with van der Waals surface area (Å²) in [6, 6.07) is 8.43. The first-order valence-corrected chi connectivity index (χ1v) is 7.11. The molecule has 0 amide bonds. The quantitative estimate of drug-likeness (QED) is 0.804. The molecule has 3 nitrogen and oxygen atoms in total. The van der Waals surface area contributed by atoms with Gasteiger partial charge >= 0.3 is 0 Å². The van der Waals surface area contributed by atoms with Gasteiger partial charge in [0, 0.05) is 17.3 Å². The zero-order valence-electron chi connectivity index (χ0n) is 11.7. The Hall–Kier alpha value is -1.32. The third kappa shape index (κ3) is 3.17. The van der Waals surface area contributed by atoms with E-state index in [-0.39, 0.29) is 12.6 Å². The molecule has 2 unspecified atom stereocenters. The highest BCUT2D eigenvalue weighted by atomic mass is 16.3. The number of aliphatic hydroxyl groups excluding tert-OH is 1. The molecule has 0 radical (unpaired) electrons. The lowest BCUT2D eigenvalue weighted by Gasteiger charge is -2.26. The number of hydrogen-bond donors (Lipinski definition) is 2. The van der Waals surface area contributed by atoms with Crippen molar-refractivity contribution in [2.45, 2.75) is 38.6 Å². The van der Waals surface area contributed by atoms with Gasteiger partial charge in [0.1, 0.15) is 5.58 Å². The normalized spacial score (nSPS) is 14.7. The number of likely N-dealkylation sites (N-methyl/N-ethyl adjacent to an activating group) is 1. The summed E-state index contributed by atoms with van der Waals surface area (Å²) < 4.78 is 5.38. The molecule has 0 fully saturated rings. The maximum Gasteiger partial charge on any atom is 0.133 e. The van der Waals surface area contributed by atoms with Crippen molar-refractivity contribution in [3.05, 3.63) is 36.1 Å². The van der Waals surface area contributed by atoms with Crippen molar-refractivity contribution in [2.24, 2.45) is 0 Å². The Morgan fingerprint density at radius 3 is 2.79 bits per heavy atom. The van der Waals surface area contributed by atoms with E-state index in [1.807, 2.05) is 12.1 Å². The molecule has 19 heavy (non-hydrogen) atoms. The summed E-state index contributed by atoms with van der Waals surface area (Å²) in [5.74, 6) is 0.342. The standard InChI is InChI=1S/C16H23NO2/c1-3-5-14(15(11-18)17-4-2)12-6-7-16-13(10-12)8-9-19-16/h6-10,14-15,17-18H,3-5,11H2,1-2H3. The van der Waals surface area contributed by atoms with E-state index in [4.69, 9.17) is 4.42 Å². The molecule has 0 aliphatic rings. The Kier molecular flexibility index (Phi) is 5.00. The van der Waals surface area contributed by atoms with Crippen LogP contribution in [0.3, 0.4) is 0 Å². The number of nitrogens with one attached hydrogen (secondary N) is 1. The summed E-state index contributed by atoms with van der Waals surface area (Å²) in [4.78, 5) is 0. The van der Waals surface area contributed by atoms with Crippen molar-refractivity contribution in [3.63, 3.8) is 0 Å². The molecular formula is C16H23NO2. The number of rotatable bonds is 7. The van der Waals surface area contributed by atoms with Gasteiger partial charge in [0.25, 0.3) is 0 Å². The third-order valence-electron chi connectivity index (χ3n) is 3.65. The molecule has 0 bridgehead atoms. The molecule has 1 aromatic heterocycles. The van der Waals surface area contributed by atoms with Gasteiger partial charge in [0.05, 0.1) is 12.9 Å². The van der Waals surface area contributed by atoms with Crippen molar-refractivity contribution in [1.82, 2.24) is 5.32 Å². The Morgan fingerprint density at radius 2 is 2.11 bits per heavy atom. The Balaban J connectivity index is 2.30. The Labute approximate surface area is 114 Å². The number of furan rings is 1. The SMILES string of the molecule is CCCC(c1ccc2occc2c1)C(CO)NCC. The molecule has 0 aliphatic carbocycles. The van der Waals surface area contributed by atoms with Gasteiger partial charge in [-0.2, -0.15) is 0 Å². The summed E-state index contributed by atoms with van der Waals surface area (Å²) in [5, 5.41) is 14.1. The van der Waals surface area contributed by atoms with E-state index in [0.29, 0.717) is 5.92 Å². The van der Waals surface area contributed by atoms with Gasteiger partial charge in [0.15, 0.2) is 0 Å². The Morgan fingerprint density at radius 1 is 1.26 bits per heavy atom. The van der Waals surface area contributed by atoms with Crippen LogP contribution in [0.5, 0.6) is 0 Å². The van der Waals surface area contributed by atoms with Crippen LogP contribution in [0.4, 0.5) is 0 Å². The number of fused-ring (bicyclic) bond motifs is 1. The van der Waals surface area contributed by atoms with Crippen molar-refractivity contribution < 1.29 is 9.52 Å². The minimum atomic E-state index is 0.120. The zero-order chi connectivity index (χ0) is 13.7. The second-order valence-corrected chi connectivity index (χ2v) is 4.96. The van der Waals surface area contributed by atoms with Crippen LogP contribution >= 0.6 is 0 Å². The molecule has 2 rings (SSSR count). The van der Waals surface area contributed by atoms with Crippen LogP contribution < -0.4 is 5.32 Å². The topological polar surface area (TPSA) is 45.4 Å². The van der Waals surface area contributed by atoms with E-state index in [1.54, 1.807) is 6.26 Å². The Bertz CT molecular complexity index is 506. The molecule has 2 aromatic rings. The highest BCUT2D eigenvalue weighted by Gasteiger charge is 2.21. The molecule has 104 valence electrons. The first-order valence-electron chi connectivity index (χ1n) is 7.11. The fourth-order valence-corrected chi connectivity index (χ4v) is 2.72. The molecule has 3 heteroatoms. The van der Waals surface area contributed by atoms with E-state index in [1.165, 1.54) is 5.56 Å². The molecule has 0 spiro atoms. The lowest BCUT2D eigenvalue weighted by Crippen LogP contribution is -2.38. The molecular weight excluding hydrogens is 238 g/mol. The van der Waals surface area contributed by atoms with Crippen LogP contribution in [0.25, 0.3) is 11.0 Å². The lowest BCUT2D eigenvalue weighted by molar-refractivity contribution is 0.220. The van der Waals surface area contributed by atoms with E-state index >= 15 is 0 Å². The maximum absolute atomic E-state index is 9.61. The summed E-state index contributed by atoms with van der Waals surface area (Å²) in [7, 11) is 0. The van der Waals surface area contributed by atoms with Gasteiger partial charge < -0.3 is 14.8 Å². The third-order valence-corrected chi connectivity index (χ3v) is 3.65. The predicted octanol–water partition coefficient (Wildman–Crippen LogP) is 3.29. The molecule has 0 saturated carbocycles. The number of hydrogen-bond acceptors (Lipinski definition) is 3. The second-order valence-electron chi connectivity index (χ2n) is 4.96. The smallest absolute Gasteiger partial charge is 0.133 e. The zero-order valence-corrected chi connectivity index (χ0v) is 11.7. The van der Waals surface area contributed by atoms with Gasteiger partial charge in [0.2, 0.25) is 0 Å². The van der Waals surface area contributed by atoms with Crippen molar-refractivity contribution in [3.8, 4) is 0 Å². The largest absolute Gasteiger partial charge is 0.464 e. The van der Waals surface area contributed by atoms with Crippen molar-refractivity contribution in [2.75, 3.05) is 13.2 Å². The van der Waals surface area contributed by atoms with Crippen LogP contribution in [0.15, 0.2) is 34.9 Å². The van der Waals surface area contributed by atoms with Crippen LogP contribution in [0.1, 0.15) is 38.2 Å². The van der Waals surface area contributed by atoms with Gasteiger partial charge in [-0.25, -0.2) is 0 Å². The van der Waals surface area contributed by atoms with E-state index < -0.39 is 0 Å². The molecule has 1 aromatic carbocycles. The van der Waals surface area contributed by atoms with Gasteiger partial charge in [-0.3, -0.25) is 0 Å². The summed E-state index contributed by atoms with van der Waals surface area (Å²) in [5.41, 5.74) is 2.19. The highest BCUT2D eigenvalue weighted by molar-refractivity contribution is 5.77. The van der Waals surface area contributed by atoms with Crippen LogP contribution in [-0.2, 0) is 0 Å². The summed E-state index contributed by atoms with van der Waals surface area (Å²) in [6.45, 7) is 5.30. The number of benzene rings is 1. The average molecular weight is 261 g/mol. The molecule has 0 aliphatic heterocycles. The van der Waals surface area contributed by atoms with Crippen LogP contribution in [-0.4, -0.2) is 24.3 Å². The van der Waals surface area contributed by atoms with Crippen LogP contribution in [0.2, 0.25) is 0 Å². The van der Waals surface area contributed by atoms with Crippen molar-refractivity contribution in [1.29, 1.82) is 0 Å². The second kappa shape index (κ2) is 6.73. The van der Waals surface area contributed by atoms with E-state index in [2.05, 4.69) is 31.3 Å².